The molecule has 5 nitrogen and oxygen atoms in total. The molecule has 1 heterocycles. The van der Waals surface area contributed by atoms with Crippen molar-refractivity contribution in [2.75, 3.05) is 5.73 Å². The summed E-state index contributed by atoms with van der Waals surface area (Å²) in [5.41, 5.74) is 8.46. The number of hydrogen-bond donors (Lipinski definition) is 2. The number of nitrogens with zero attached hydrogens (tertiary/aromatic N) is 1. The predicted molar refractivity (Wildman–Crippen MR) is 113 cm³/mol. The summed E-state index contributed by atoms with van der Waals surface area (Å²) < 4.78 is 11.5. The Hall–Kier alpha value is -3.44. The van der Waals surface area contributed by atoms with Crippen molar-refractivity contribution in [2.24, 2.45) is 0 Å². The van der Waals surface area contributed by atoms with E-state index in [1.807, 2.05) is 78.9 Å². The maximum absolute atomic E-state index is 5.91. The summed E-state index contributed by atoms with van der Waals surface area (Å²) in [7, 11) is 0. The first-order valence-electron chi connectivity index (χ1n) is 8.62. The van der Waals surface area contributed by atoms with E-state index in [0.29, 0.717) is 18.0 Å². The van der Waals surface area contributed by atoms with Crippen LogP contribution in [0.25, 0.3) is 11.3 Å². The number of hydrogen-bond acceptors (Lipinski definition) is 4. The van der Waals surface area contributed by atoms with Gasteiger partial charge in [-0.2, -0.15) is 0 Å². The third-order valence-corrected chi connectivity index (χ3v) is 4.06. The molecule has 0 amide bonds. The molecule has 0 fully saturated rings. The number of benzene rings is 3. The Morgan fingerprint density at radius 2 is 1.54 bits per heavy atom. The van der Waals surface area contributed by atoms with Gasteiger partial charge in [-0.05, 0) is 54.1 Å². The average Bonchev–Trinajstić information content (AvgIpc) is 3.19. The highest BCUT2D eigenvalue weighted by Crippen LogP contribution is 2.28. The van der Waals surface area contributed by atoms with Gasteiger partial charge in [0.2, 0.25) is 0 Å². The van der Waals surface area contributed by atoms with Crippen LogP contribution in [0.2, 0.25) is 0 Å². The molecule has 0 radical (unpaired) electrons. The van der Waals surface area contributed by atoms with Crippen molar-refractivity contribution >= 4 is 18.1 Å². The van der Waals surface area contributed by atoms with Gasteiger partial charge < -0.3 is 20.2 Å². The van der Waals surface area contributed by atoms with E-state index in [1.165, 1.54) is 0 Å². The van der Waals surface area contributed by atoms with Gasteiger partial charge in [-0.3, -0.25) is 0 Å². The summed E-state index contributed by atoms with van der Waals surface area (Å²) >= 11 is 0. The summed E-state index contributed by atoms with van der Waals surface area (Å²) in [6.07, 6.45) is 1.80. The molecular weight excluding hydrogens is 374 g/mol. The molecule has 0 unspecified atom stereocenters. The second-order valence-corrected chi connectivity index (χ2v) is 6.01. The van der Waals surface area contributed by atoms with Gasteiger partial charge in [-0.25, -0.2) is 4.98 Å². The van der Waals surface area contributed by atoms with Gasteiger partial charge in [0.25, 0.3) is 0 Å². The smallest absolute Gasteiger partial charge is 0.150 e. The molecule has 0 aliphatic heterocycles. The number of para-hydroxylation sites is 3. The molecule has 0 saturated carbocycles. The number of rotatable bonds is 6. The largest absolute Gasteiger partial charge is 0.486 e. The van der Waals surface area contributed by atoms with Crippen LogP contribution in [0.3, 0.4) is 0 Å². The van der Waals surface area contributed by atoms with Gasteiger partial charge in [0, 0.05) is 0 Å². The topological polar surface area (TPSA) is 73.2 Å². The zero-order valence-electron chi connectivity index (χ0n) is 15.0. The Morgan fingerprint density at radius 3 is 2.29 bits per heavy atom. The molecule has 3 N–H and O–H groups in total. The molecule has 28 heavy (non-hydrogen) atoms. The second kappa shape index (κ2) is 8.97. The third kappa shape index (κ3) is 4.64. The molecule has 142 valence electrons. The highest BCUT2D eigenvalue weighted by molar-refractivity contribution is 5.85. The average molecular weight is 394 g/mol. The van der Waals surface area contributed by atoms with E-state index >= 15 is 0 Å². The van der Waals surface area contributed by atoms with Gasteiger partial charge in [0.05, 0.1) is 17.6 Å². The van der Waals surface area contributed by atoms with Crippen LogP contribution in [0, 0.1) is 0 Å². The number of anilines is 1. The number of ether oxygens (including phenoxy) is 2. The molecule has 4 rings (SSSR count). The Kier molecular flexibility index (Phi) is 6.19. The van der Waals surface area contributed by atoms with E-state index in [1.54, 1.807) is 6.20 Å². The molecule has 0 aliphatic rings. The Morgan fingerprint density at radius 1 is 0.821 bits per heavy atom. The minimum absolute atomic E-state index is 0. The Labute approximate surface area is 169 Å². The fraction of sp³-hybridized carbons (Fsp3) is 0.0455. The molecule has 3 aromatic carbocycles. The highest BCUT2D eigenvalue weighted by atomic mass is 35.5. The van der Waals surface area contributed by atoms with Crippen molar-refractivity contribution in [1.29, 1.82) is 0 Å². The van der Waals surface area contributed by atoms with Gasteiger partial charge >= 0.3 is 0 Å². The number of nitrogens with two attached hydrogens (primary N) is 1. The molecule has 6 heteroatoms. The van der Waals surface area contributed by atoms with E-state index in [4.69, 9.17) is 15.2 Å². The normalized spacial score (nSPS) is 10.1. The minimum Gasteiger partial charge on any atom is -0.486 e. The van der Waals surface area contributed by atoms with Crippen molar-refractivity contribution in [2.45, 2.75) is 6.61 Å². The third-order valence-electron chi connectivity index (χ3n) is 4.06. The highest BCUT2D eigenvalue weighted by Gasteiger charge is 2.06. The molecule has 0 saturated heterocycles. The lowest BCUT2D eigenvalue weighted by atomic mass is 10.1. The van der Waals surface area contributed by atoms with Crippen LogP contribution >= 0.6 is 12.4 Å². The molecule has 1 aromatic heterocycles. The van der Waals surface area contributed by atoms with E-state index < -0.39 is 0 Å². The van der Waals surface area contributed by atoms with Gasteiger partial charge in [0.15, 0.2) is 0 Å². The van der Waals surface area contributed by atoms with Crippen LogP contribution in [0.4, 0.5) is 5.69 Å². The van der Waals surface area contributed by atoms with Gasteiger partial charge in [0.1, 0.15) is 29.7 Å². The number of nitrogen functional groups attached to an aromatic ring is 1. The SMILES string of the molecule is Cl.Nc1ccccc1Oc1ccc(-c2cnc(COc3ccccc3)[nH]2)cc1. The van der Waals surface area contributed by atoms with Crippen LogP contribution in [0.5, 0.6) is 17.2 Å². The van der Waals surface area contributed by atoms with Gasteiger partial charge in [-0.1, -0.05) is 30.3 Å². The Bertz CT molecular complexity index is 1020. The number of H-pyrrole nitrogens is 1. The molecule has 0 atom stereocenters. The van der Waals surface area contributed by atoms with E-state index in [0.717, 1.165) is 28.6 Å². The van der Waals surface area contributed by atoms with Crippen LogP contribution in [-0.2, 0) is 6.61 Å². The number of imidazole rings is 1. The quantitative estimate of drug-likeness (QED) is 0.427. The van der Waals surface area contributed by atoms with Crippen molar-refractivity contribution in [3.05, 3.63) is 90.9 Å². The molecule has 4 aromatic rings. The fourth-order valence-electron chi connectivity index (χ4n) is 2.65. The number of aromatic amines is 1. The molecular formula is C22H20ClN3O2. The van der Waals surface area contributed by atoms with Crippen LogP contribution in [0.15, 0.2) is 85.1 Å². The lowest BCUT2D eigenvalue weighted by molar-refractivity contribution is 0.297. The molecule has 0 aliphatic carbocycles. The van der Waals surface area contributed by atoms with Crippen LogP contribution in [0.1, 0.15) is 5.82 Å². The van der Waals surface area contributed by atoms with Crippen molar-refractivity contribution in [3.8, 4) is 28.5 Å². The number of halogens is 1. The zero-order valence-corrected chi connectivity index (χ0v) is 15.9. The zero-order chi connectivity index (χ0) is 18.5. The van der Waals surface area contributed by atoms with Crippen molar-refractivity contribution < 1.29 is 9.47 Å². The first-order chi connectivity index (χ1) is 13.3. The lowest BCUT2D eigenvalue weighted by Gasteiger charge is -2.08. The first-order valence-corrected chi connectivity index (χ1v) is 8.62. The summed E-state index contributed by atoms with van der Waals surface area (Å²) in [6.45, 7) is 0.387. The summed E-state index contributed by atoms with van der Waals surface area (Å²) in [5.74, 6) is 2.96. The number of aromatic nitrogens is 2. The van der Waals surface area contributed by atoms with E-state index in [-0.39, 0.29) is 12.4 Å². The monoisotopic (exact) mass is 393 g/mol. The molecule has 0 bridgehead atoms. The van der Waals surface area contributed by atoms with E-state index in [2.05, 4.69) is 9.97 Å². The van der Waals surface area contributed by atoms with Crippen molar-refractivity contribution in [1.82, 2.24) is 9.97 Å². The summed E-state index contributed by atoms with van der Waals surface area (Å²) in [6, 6.07) is 24.9. The van der Waals surface area contributed by atoms with E-state index in [9.17, 15) is 0 Å². The van der Waals surface area contributed by atoms with Crippen molar-refractivity contribution in [3.63, 3.8) is 0 Å². The van der Waals surface area contributed by atoms with Gasteiger partial charge in [-0.15, -0.1) is 12.4 Å². The maximum atomic E-state index is 5.91. The summed E-state index contributed by atoms with van der Waals surface area (Å²) in [4.78, 5) is 7.66. The van der Waals surface area contributed by atoms with Crippen LogP contribution in [-0.4, -0.2) is 9.97 Å². The van der Waals surface area contributed by atoms with Crippen LogP contribution < -0.4 is 15.2 Å². The predicted octanol–water partition coefficient (Wildman–Crippen LogP) is 5.45. The lowest BCUT2D eigenvalue weighted by Crippen LogP contribution is -1.97. The Balaban J connectivity index is 0.00000225. The standard InChI is InChI=1S/C22H19N3O2.ClH/c23-19-8-4-5-9-21(19)27-18-12-10-16(11-13-18)20-14-24-22(25-20)15-26-17-6-2-1-3-7-17;/h1-14H,15,23H2,(H,24,25);1H. The second-order valence-electron chi connectivity index (χ2n) is 6.01. The molecule has 0 spiro atoms. The number of nitrogens with one attached hydrogen (secondary N) is 1. The fourth-order valence-corrected chi connectivity index (χ4v) is 2.65. The minimum atomic E-state index is 0. The summed E-state index contributed by atoms with van der Waals surface area (Å²) in [5, 5.41) is 0. The maximum Gasteiger partial charge on any atom is 0.150 e. The first kappa shape index (κ1) is 19.3.